The number of allylic oxidation sites excluding steroid dienone is 3. The molecule has 0 spiro atoms. The summed E-state index contributed by atoms with van der Waals surface area (Å²) in [5.41, 5.74) is 3.69. The monoisotopic (exact) mass is 416 g/mol. The van der Waals surface area contributed by atoms with E-state index in [1.807, 2.05) is 12.1 Å². The smallest absolute Gasteiger partial charge is 0.313 e. The maximum absolute atomic E-state index is 13.8. The van der Waals surface area contributed by atoms with E-state index in [1.54, 1.807) is 19.1 Å². The molecule has 5 heteroatoms. The third-order valence-corrected chi connectivity index (χ3v) is 5.63. The lowest BCUT2D eigenvalue weighted by atomic mass is 9.61. The van der Waals surface area contributed by atoms with Gasteiger partial charge in [0.05, 0.1) is 13.2 Å². The van der Waals surface area contributed by atoms with E-state index in [2.05, 4.69) is 32.4 Å². The molecular weight excluding hydrogens is 383 g/mol. The summed E-state index contributed by atoms with van der Waals surface area (Å²) >= 11 is 0. The number of hydrogen-bond acceptors (Lipinski definition) is 4. The first-order valence-electron chi connectivity index (χ1n) is 10.3. The summed E-state index contributed by atoms with van der Waals surface area (Å²) in [6, 6.07) is 5.17. The first-order chi connectivity index (χ1) is 13.8. The van der Waals surface area contributed by atoms with Gasteiger partial charge < -0.3 is 9.84 Å². The van der Waals surface area contributed by atoms with Crippen molar-refractivity contribution in [3.05, 3.63) is 52.9 Å². The van der Waals surface area contributed by atoms with Gasteiger partial charge in [-0.25, -0.2) is 4.39 Å². The van der Waals surface area contributed by atoms with E-state index in [4.69, 9.17) is 0 Å². The van der Waals surface area contributed by atoms with Crippen molar-refractivity contribution in [3.8, 4) is 0 Å². The van der Waals surface area contributed by atoms with Gasteiger partial charge in [-0.15, -0.1) is 0 Å². The highest BCUT2D eigenvalue weighted by molar-refractivity contribution is 5.95. The number of esters is 1. The van der Waals surface area contributed by atoms with E-state index < -0.39 is 12.1 Å². The van der Waals surface area contributed by atoms with Crippen molar-refractivity contribution in [1.82, 2.24) is 0 Å². The molecule has 1 aromatic carbocycles. The molecule has 0 heterocycles. The van der Waals surface area contributed by atoms with Gasteiger partial charge in [-0.2, -0.15) is 0 Å². The zero-order valence-corrected chi connectivity index (χ0v) is 18.8. The number of ketones is 1. The molecule has 1 unspecified atom stereocenters. The molecular formula is C25H33FO4. The van der Waals surface area contributed by atoms with Crippen LogP contribution in [0, 0.1) is 23.6 Å². The Morgan fingerprint density at radius 1 is 1.27 bits per heavy atom. The van der Waals surface area contributed by atoms with Crippen LogP contribution in [-0.2, 0) is 14.3 Å². The first kappa shape index (κ1) is 24.0. The van der Waals surface area contributed by atoms with Crippen molar-refractivity contribution >= 4 is 17.3 Å². The third-order valence-electron chi connectivity index (χ3n) is 5.63. The maximum Gasteiger partial charge on any atom is 0.313 e. The average molecular weight is 417 g/mol. The molecule has 0 saturated carbocycles. The van der Waals surface area contributed by atoms with Crippen molar-refractivity contribution in [2.24, 2.45) is 10.8 Å². The Morgan fingerprint density at radius 2 is 1.93 bits per heavy atom. The molecule has 0 fully saturated rings. The van der Waals surface area contributed by atoms with Crippen molar-refractivity contribution in [2.45, 2.75) is 66.4 Å². The second-order valence-corrected chi connectivity index (χ2v) is 9.68. The van der Waals surface area contributed by atoms with Gasteiger partial charge in [0.2, 0.25) is 0 Å². The number of aryl methyl sites for hydroxylation is 1. The zero-order chi connectivity index (χ0) is 22.7. The highest BCUT2D eigenvalue weighted by atomic mass is 19.1. The minimum absolute atomic E-state index is 0.0769. The molecule has 0 amide bonds. The summed E-state index contributed by atoms with van der Waals surface area (Å²) in [5, 5.41) is 10.3. The van der Waals surface area contributed by atoms with E-state index in [9.17, 15) is 19.1 Å². The van der Waals surface area contributed by atoms with Gasteiger partial charge in [0.1, 0.15) is 18.0 Å². The molecule has 0 aromatic heterocycles. The lowest BCUT2D eigenvalue weighted by Crippen LogP contribution is -2.30. The van der Waals surface area contributed by atoms with Gasteiger partial charge in [-0.05, 0) is 65.0 Å². The summed E-state index contributed by atoms with van der Waals surface area (Å²) in [7, 11) is 1.23. The number of methoxy groups -OCH3 is 1. The summed E-state index contributed by atoms with van der Waals surface area (Å²) in [4.78, 5) is 23.1. The molecule has 0 aliphatic heterocycles. The lowest BCUT2D eigenvalue weighted by Gasteiger charge is -2.43. The van der Waals surface area contributed by atoms with Crippen LogP contribution in [-0.4, -0.2) is 30.1 Å². The van der Waals surface area contributed by atoms with E-state index in [1.165, 1.54) is 13.2 Å². The molecule has 1 atom stereocenters. The van der Waals surface area contributed by atoms with Crippen molar-refractivity contribution < 1.29 is 23.8 Å². The number of carbonyl (C=O) groups is 2. The fraction of sp³-hybridized carbons (Fsp3) is 0.520. The number of halogens is 1. The van der Waals surface area contributed by atoms with Crippen molar-refractivity contribution in [2.75, 3.05) is 7.11 Å². The number of hydrogen-bond donors (Lipinski definition) is 1. The SMILES string of the molecule is COC(=O)CC(=O)CC(O)/C=C/C1=C(c2ccc(F)c(C)c2)CC(C)(C)CC1(C)C. The Kier molecular flexibility index (Phi) is 7.40. The predicted octanol–water partition coefficient (Wildman–Crippen LogP) is 5.17. The van der Waals surface area contributed by atoms with Crippen LogP contribution in [0.2, 0.25) is 0 Å². The Labute approximate surface area is 178 Å². The topological polar surface area (TPSA) is 63.6 Å². The zero-order valence-electron chi connectivity index (χ0n) is 18.8. The van der Waals surface area contributed by atoms with E-state index in [0.29, 0.717) is 5.56 Å². The Bertz CT molecular complexity index is 877. The van der Waals surface area contributed by atoms with Gasteiger partial charge in [-0.3, -0.25) is 9.59 Å². The number of benzene rings is 1. The molecule has 1 N–H and O–H groups in total. The highest BCUT2D eigenvalue weighted by Gasteiger charge is 2.38. The van der Waals surface area contributed by atoms with Crippen LogP contribution in [0.5, 0.6) is 0 Å². The minimum Gasteiger partial charge on any atom is -0.469 e. The van der Waals surface area contributed by atoms with E-state index in [-0.39, 0.29) is 35.3 Å². The van der Waals surface area contributed by atoms with Crippen LogP contribution in [0.4, 0.5) is 4.39 Å². The molecule has 0 saturated heterocycles. The minimum atomic E-state index is -0.989. The second kappa shape index (κ2) is 9.25. The fourth-order valence-corrected chi connectivity index (χ4v) is 4.57. The largest absolute Gasteiger partial charge is 0.469 e. The average Bonchev–Trinajstić information content (AvgIpc) is 2.60. The summed E-state index contributed by atoms with van der Waals surface area (Å²) in [6.45, 7) is 10.5. The Balaban J connectivity index is 2.38. The molecule has 0 radical (unpaired) electrons. The summed E-state index contributed by atoms with van der Waals surface area (Å²) in [5.74, 6) is -1.21. The van der Waals surface area contributed by atoms with Crippen molar-refractivity contribution in [3.63, 3.8) is 0 Å². The number of carbonyl (C=O) groups excluding carboxylic acids is 2. The van der Waals surface area contributed by atoms with E-state index >= 15 is 0 Å². The Morgan fingerprint density at radius 3 is 2.53 bits per heavy atom. The second-order valence-electron chi connectivity index (χ2n) is 9.68. The van der Waals surface area contributed by atoms with Crippen LogP contribution in [0.1, 0.15) is 64.5 Å². The molecule has 30 heavy (non-hydrogen) atoms. The quantitative estimate of drug-likeness (QED) is 0.492. The van der Waals surface area contributed by atoms with Crippen molar-refractivity contribution in [1.29, 1.82) is 0 Å². The molecule has 1 aliphatic carbocycles. The Hall–Kier alpha value is -2.27. The van der Waals surface area contributed by atoms with Gasteiger partial charge in [0.15, 0.2) is 0 Å². The fourth-order valence-electron chi connectivity index (χ4n) is 4.57. The molecule has 1 aliphatic rings. The van der Waals surface area contributed by atoms with Gasteiger partial charge >= 0.3 is 5.97 Å². The number of aliphatic hydroxyl groups excluding tert-OH is 1. The normalized spacial score (nSPS) is 19.1. The molecule has 2 rings (SSSR count). The number of Topliss-reactive ketones (excluding diaryl/α,β-unsaturated/α-hetero) is 1. The lowest BCUT2D eigenvalue weighted by molar-refractivity contribution is -0.143. The number of rotatable bonds is 7. The molecule has 0 bridgehead atoms. The first-order valence-corrected chi connectivity index (χ1v) is 10.3. The number of aliphatic hydroxyl groups is 1. The van der Waals surface area contributed by atoms with Gasteiger partial charge in [0.25, 0.3) is 0 Å². The predicted molar refractivity (Wildman–Crippen MR) is 116 cm³/mol. The summed E-state index contributed by atoms with van der Waals surface area (Å²) < 4.78 is 18.3. The molecule has 4 nitrogen and oxygen atoms in total. The van der Waals surface area contributed by atoms with Crippen LogP contribution < -0.4 is 0 Å². The van der Waals surface area contributed by atoms with E-state index in [0.717, 1.165) is 29.6 Å². The van der Waals surface area contributed by atoms with Gasteiger partial charge in [-0.1, -0.05) is 45.9 Å². The van der Waals surface area contributed by atoms with Crippen LogP contribution >= 0.6 is 0 Å². The summed E-state index contributed by atoms with van der Waals surface area (Å²) in [6.07, 6.45) is 3.82. The van der Waals surface area contributed by atoms with Crippen LogP contribution in [0.15, 0.2) is 35.9 Å². The third kappa shape index (κ3) is 6.11. The van der Waals surface area contributed by atoms with Crippen LogP contribution in [0.3, 0.4) is 0 Å². The highest BCUT2D eigenvalue weighted by Crippen LogP contribution is 2.52. The van der Waals surface area contributed by atoms with Gasteiger partial charge in [0, 0.05) is 6.42 Å². The maximum atomic E-state index is 13.8. The standard InChI is InChI=1S/C25H33FO4/c1-16-11-17(7-10-22(16)26)20-14-24(2,3)15-25(4,5)21(20)9-8-18(27)12-19(28)13-23(29)30-6/h7-11,18,27H,12-15H2,1-6H3/b9-8+. The molecule has 1 aromatic rings. The number of ether oxygens (including phenoxy) is 1. The molecule has 164 valence electrons. The van der Waals surface area contributed by atoms with Crippen LogP contribution in [0.25, 0.3) is 5.57 Å².